The fourth-order valence-electron chi connectivity index (χ4n) is 6.70. The maximum absolute atomic E-state index is 14.2. The fraction of sp³-hybridized carbons (Fsp3) is 0.522. The molecular formula is C46H69N11O13S. The number of aliphatic hydroxyl groups is 1. The van der Waals surface area contributed by atoms with Gasteiger partial charge < -0.3 is 75.1 Å². The number of unbranched alkanes of at least 4 members (excludes halogenated alkanes) is 1. The number of aliphatic carboxylic acids is 1. The summed E-state index contributed by atoms with van der Waals surface area (Å²) in [5.41, 5.74) is 17.9. The van der Waals surface area contributed by atoms with E-state index in [4.69, 9.17) is 17.2 Å². The van der Waals surface area contributed by atoms with E-state index in [0.717, 1.165) is 0 Å². The molecular weight excluding hydrogens is 947 g/mol. The van der Waals surface area contributed by atoms with Crippen molar-refractivity contribution in [3.8, 4) is 5.75 Å². The van der Waals surface area contributed by atoms with E-state index in [2.05, 4.69) is 55.2 Å². The highest BCUT2D eigenvalue weighted by molar-refractivity contribution is 7.80. The van der Waals surface area contributed by atoms with Crippen molar-refractivity contribution in [2.75, 3.05) is 12.3 Å². The number of rotatable bonds is 30. The Morgan fingerprint density at radius 3 is 1.51 bits per heavy atom. The summed E-state index contributed by atoms with van der Waals surface area (Å²) in [6.07, 6.45) is -1.20. The van der Waals surface area contributed by atoms with Crippen LogP contribution in [-0.2, 0) is 60.8 Å². The number of thiol groups is 1. The summed E-state index contributed by atoms with van der Waals surface area (Å²) in [4.78, 5) is 132. The number of phenols is 1. The van der Waals surface area contributed by atoms with Crippen molar-refractivity contribution in [1.29, 1.82) is 0 Å². The molecule has 0 saturated heterocycles. The number of benzene rings is 2. The van der Waals surface area contributed by atoms with Crippen molar-refractivity contribution in [2.24, 2.45) is 23.1 Å². The van der Waals surface area contributed by atoms with Gasteiger partial charge in [-0.15, -0.1) is 0 Å². The van der Waals surface area contributed by atoms with Crippen LogP contribution < -0.4 is 59.7 Å². The molecule has 0 aliphatic carbocycles. The molecule has 0 bridgehead atoms. The summed E-state index contributed by atoms with van der Waals surface area (Å²) >= 11 is 3.89. The Labute approximate surface area is 416 Å². The van der Waals surface area contributed by atoms with Crippen LogP contribution in [0.2, 0.25) is 0 Å². The van der Waals surface area contributed by atoms with Crippen molar-refractivity contribution >= 4 is 71.8 Å². The zero-order valence-corrected chi connectivity index (χ0v) is 41.2. The van der Waals surface area contributed by atoms with Crippen molar-refractivity contribution < 1.29 is 63.3 Å². The van der Waals surface area contributed by atoms with Crippen molar-refractivity contribution in [3.05, 3.63) is 65.7 Å². The van der Waals surface area contributed by atoms with Gasteiger partial charge in [0.15, 0.2) is 0 Å². The summed E-state index contributed by atoms with van der Waals surface area (Å²) in [6.45, 7) is 7.45. The van der Waals surface area contributed by atoms with Gasteiger partial charge in [0.1, 0.15) is 54.1 Å². The Bertz CT molecular complexity index is 2150. The van der Waals surface area contributed by atoms with Gasteiger partial charge in [-0.1, -0.05) is 62.7 Å². The van der Waals surface area contributed by atoms with Crippen LogP contribution in [0.3, 0.4) is 0 Å². The molecule has 17 N–H and O–H groups in total. The normalized spacial score (nSPS) is 15.3. The summed E-state index contributed by atoms with van der Waals surface area (Å²) in [5.74, 6) is -10.7. The highest BCUT2D eigenvalue weighted by Crippen LogP contribution is 2.14. The molecule has 10 atom stereocenters. The number of hydrogen-bond donors (Lipinski definition) is 15. The molecule has 0 aliphatic rings. The molecule has 0 fully saturated rings. The maximum atomic E-state index is 14.2. The molecule has 25 heteroatoms. The molecule has 0 aromatic heterocycles. The highest BCUT2D eigenvalue weighted by atomic mass is 32.1. The van der Waals surface area contributed by atoms with Gasteiger partial charge in [0, 0.05) is 18.6 Å². The maximum Gasteiger partial charge on any atom is 0.327 e. The fourth-order valence-corrected chi connectivity index (χ4v) is 6.95. The van der Waals surface area contributed by atoms with Gasteiger partial charge in [-0.25, -0.2) is 4.79 Å². The van der Waals surface area contributed by atoms with Gasteiger partial charge in [0.25, 0.3) is 0 Å². The van der Waals surface area contributed by atoms with E-state index in [1.807, 2.05) is 0 Å². The van der Waals surface area contributed by atoms with Crippen LogP contribution in [0, 0.1) is 5.92 Å². The molecule has 2 aromatic rings. The number of nitrogens with two attached hydrogens (primary N) is 3. The quantitative estimate of drug-likeness (QED) is 0.0267. The van der Waals surface area contributed by atoms with Gasteiger partial charge in [-0.3, -0.25) is 43.2 Å². The van der Waals surface area contributed by atoms with Crippen LogP contribution in [0.1, 0.15) is 71.4 Å². The zero-order chi connectivity index (χ0) is 53.5. The van der Waals surface area contributed by atoms with Crippen LogP contribution in [0.4, 0.5) is 0 Å². The van der Waals surface area contributed by atoms with Gasteiger partial charge in [0.05, 0.1) is 18.6 Å². The zero-order valence-electron chi connectivity index (χ0n) is 40.3. The van der Waals surface area contributed by atoms with E-state index in [1.165, 1.54) is 45.0 Å². The topological polar surface area (TPSA) is 406 Å². The summed E-state index contributed by atoms with van der Waals surface area (Å²) < 4.78 is 0. The lowest BCUT2D eigenvalue weighted by atomic mass is 10.00. The Kier molecular flexibility index (Phi) is 25.5. The Balaban J connectivity index is 2.40. The lowest BCUT2D eigenvalue weighted by molar-refractivity contribution is -0.142. The third-order valence-corrected chi connectivity index (χ3v) is 11.2. The molecule has 71 heavy (non-hydrogen) atoms. The van der Waals surface area contributed by atoms with Crippen LogP contribution in [0.5, 0.6) is 5.75 Å². The second-order valence-electron chi connectivity index (χ2n) is 17.3. The third-order valence-electron chi connectivity index (χ3n) is 10.9. The number of phenolic OH excluding ortho intramolecular Hbond substituents is 1. The average Bonchev–Trinajstić information content (AvgIpc) is 3.30. The van der Waals surface area contributed by atoms with Crippen LogP contribution in [0.25, 0.3) is 0 Å². The largest absolute Gasteiger partial charge is 0.508 e. The Morgan fingerprint density at radius 2 is 1.01 bits per heavy atom. The predicted octanol–water partition coefficient (Wildman–Crippen LogP) is -3.52. The molecule has 2 rings (SSSR count). The summed E-state index contributed by atoms with van der Waals surface area (Å²) in [6, 6.07) is 1.21. The second-order valence-corrected chi connectivity index (χ2v) is 17.7. The van der Waals surface area contributed by atoms with E-state index in [0.29, 0.717) is 36.9 Å². The number of carboxylic acids is 1. The molecule has 10 unspecified atom stereocenters. The number of aliphatic hydroxyl groups excluding tert-OH is 1. The Morgan fingerprint density at radius 1 is 0.563 bits per heavy atom. The van der Waals surface area contributed by atoms with Crippen LogP contribution in [-0.4, -0.2) is 147 Å². The first-order chi connectivity index (χ1) is 33.4. The molecule has 0 radical (unpaired) electrons. The van der Waals surface area contributed by atoms with Crippen LogP contribution >= 0.6 is 12.6 Å². The molecule has 0 saturated carbocycles. The first-order valence-electron chi connectivity index (χ1n) is 22.9. The van der Waals surface area contributed by atoms with Gasteiger partial charge in [0.2, 0.25) is 53.2 Å². The lowest BCUT2D eigenvalue weighted by Gasteiger charge is -2.28. The number of aromatic hydroxyl groups is 1. The third kappa shape index (κ3) is 21.0. The van der Waals surface area contributed by atoms with Crippen molar-refractivity contribution in [3.63, 3.8) is 0 Å². The van der Waals surface area contributed by atoms with E-state index in [9.17, 15) is 63.3 Å². The molecule has 0 heterocycles. The standard InChI is InChI=1S/C46H69N11O13S/c1-23(2)36(56-38(61)24(3)50-40(63)30(48)13-9-10-18-47)44(67)54-32(20-28-14-16-29(59)17-15-28)42(65)53-33(21-35(49)60)43(66)52-31(19-27-11-7-6-8-12-27)41(64)51-25(4)39(62)57-37(26(5)58)45(68)55-34(22-71)46(69)70/h6-8,11-12,14-17,23-26,30-34,36-37,58-59,71H,9-10,13,18-22,47-48H2,1-5H3,(H2,49,60)(H,50,63)(H,51,64)(H,52,66)(H,53,65)(H,54,67)(H,55,68)(H,56,61)(H,57,62)(H,69,70). The lowest BCUT2D eigenvalue weighted by Crippen LogP contribution is -2.61. The second kappa shape index (κ2) is 30.0. The van der Waals surface area contributed by atoms with E-state index in [1.54, 1.807) is 44.2 Å². The van der Waals surface area contributed by atoms with Crippen molar-refractivity contribution in [1.82, 2.24) is 42.5 Å². The minimum atomic E-state index is -1.77. The molecule has 24 nitrogen and oxygen atoms in total. The number of carbonyl (C=O) groups excluding carboxylic acids is 9. The first kappa shape index (κ1) is 60.3. The molecule has 2 aromatic carbocycles. The number of carboxylic acid groups (broad SMARTS) is 1. The first-order valence-corrected chi connectivity index (χ1v) is 23.5. The van der Waals surface area contributed by atoms with E-state index >= 15 is 0 Å². The number of nitrogens with one attached hydrogen (secondary N) is 8. The highest BCUT2D eigenvalue weighted by Gasteiger charge is 2.36. The predicted molar refractivity (Wildman–Crippen MR) is 261 cm³/mol. The minimum absolute atomic E-state index is 0.103. The van der Waals surface area contributed by atoms with E-state index in [-0.39, 0.29) is 24.3 Å². The van der Waals surface area contributed by atoms with Gasteiger partial charge >= 0.3 is 5.97 Å². The van der Waals surface area contributed by atoms with Crippen molar-refractivity contribution in [2.45, 2.75) is 134 Å². The monoisotopic (exact) mass is 1020 g/mol. The average molecular weight is 1020 g/mol. The SMILES string of the molecule is CC(NC(=O)C(N)CCCCN)C(=O)NC(C(=O)NC(Cc1ccc(O)cc1)C(=O)NC(CC(N)=O)C(=O)NC(Cc1ccccc1)C(=O)NC(C)C(=O)NC(C(=O)NC(CS)C(=O)O)C(C)O)C(C)C. The summed E-state index contributed by atoms with van der Waals surface area (Å²) in [5, 5.41) is 48.9. The van der Waals surface area contributed by atoms with E-state index < -0.39 is 132 Å². The number of carbonyl (C=O) groups is 10. The number of amides is 9. The van der Waals surface area contributed by atoms with Gasteiger partial charge in [-0.2, -0.15) is 12.6 Å². The molecule has 0 spiro atoms. The van der Waals surface area contributed by atoms with Crippen LogP contribution in [0.15, 0.2) is 54.6 Å². The Hall–Kier alpha value is -6.83. The number of primary amides is 1. The van der Waals surface area contributed by atoms with Gasteiger partial charge in [-0.05, 0) is 69.3 Å². The molecule has 0 aliphatic heterocycles. The summed E-state index contributed by atoms with van der Waals surface area (Å²) in [7, 11) is 0. The smallest absolute Gasteiger partial charge is 0.327 e. The molecule has 9 amide bonds. The molecule has 392 valence electrons. The number of hydrogen-bond acceptors (Lipinski definition) is 15. The minimum Gasteiger partial charge on any atom is -0.508 e.